The Bertz CT molecular complexity index is 167. The lowest BCUT2D eigenvalue weighted by Crippen LogP contribution is -2.48. The molecule has 0 radical (unpaired) electrons. The van der Waals surface area contributed by atoms with Crippen LogP contribution in [0.25, 0.3) is 0 Å². The summed E-state index contributed by atoms with van der Waals surface area (Å²) in [6.45, 7) is 6.80. The van der Waals surface area contributed by atoms with Crippen LogP contribution in [0, 0.1) is 0 Å². The maximum Gasteiger partial charge on any atom is 0.236 e. The highest BCUT2D eigenvalue weighted by atomic mass is 16.2. The van der Waals surface area contributed by atoms with Crippen LogP contribution in [0.5, 0.6) is 0 Å². The topological polar surface area (TPSA) is 23.6 Å². The predicted octanol–water partition coefficient (Wildman–Crippen LogP) is -0.0536. The zero-order valence-corrected chi connectivity index (χ0v) is 6.92. The van der Waals surface area contributed by atoms with Gasteiger partial charge in [-0.15, -0.1) is 6.58 Å². The average Bonchev–Trinajstić information content (AvgIpc) is 1.98. The molecule has 1 heterocycles. The smallest absolute Gasteiger partial charge is 0.236 e. The van der Waals surface area contributed by atoms with Crippen molar-refractivity contribution >= 4 is 5.91 Å². The van der Waals surface area contributed by atoms with E-state index in [0.717, 1.165) is 19.6 Å². The molecule has 62 valence electrons. The number of hydrogen-bond donors (Lipinski definition) is 0. The van der Waals surface area contributed by atoms with Crippen molar-refractivity contribution in [3.05, 3.63) is 12.7 Å². The Morgan fingerprint density at radius 3 is 2.91 bits per heavy atom. The molecule has 0 aromatic heterocycles. The monoisotopic (exact) mass is 154 g/mol. The molecule has 0 unspecified atom stereocenters. The summed E-state index contributed by atoms with van der Waals surface area (Å²) in [5.74, 6) is 0.207. The van der Waals surface area contributed by atoms with E-state index in [1.165, 1.54) is 0 Å². The van der Waals surface area contributed by atoms with Crippen molar-refractivity contribution in [2.45, 2.75) is 0 Å². The quantitative estimate of drug-likeness (QED) is 0.520. The molecule has 11 heavy (non-hydrogen) atoms. The summed E-state index contributed by atoms with van der Waals surface area (Å²) in [5, 5.41) is 0. The molecule has 1 aliphatic rings. The first-order valence-electron chi connectivity index (χ1n) is 3.81. The van der Waals surface area contributed by atoms with Gasteiger partial charge in [-0.05, 0) is 0 Å². The van der Waals surface area contributed by atoms with Crippen LogP contribution in [0.4, 0.5) is 0 Å². The number of hydrogen-bond acceptors (Lipinski definition) is 2. The van der Waals surface area contributed by atoms with Gasteiger partial charge in [-0.25, -0.2) is 0 Å². The molecule has 1 fully saturated rings. The summed E-state index contributed by atoms with van der Waals surface area (Å²) in [6.07, 6.45) is 1.83. The van der Waals surface area contributed by atoms with Gasteiger partial charge in [0, 0.05) is 26.7 Å². The van der Waals surface area contributed by atoms with Crippen LogP contribution < -0.4 is 0 Å². The van der Waals surface area contributed by atoms with Gasteiger partial charge in [-0.1, -0.05) is 6.08 Å². The second kappa shape index (κ2) is 3.53. The number of piperazine rings is 1. The van der Waals surface area contributed by atoms with E-state index in [2.05, 4.69) is 11.5 Å². The van der Waals surface area contributed by atoms with Crippen molar-refractivity contribution in [3.8, 4) is 0 Å². The van der Waals surface area contributed by atoms with Gasteiger partial charge < -0.3 is 4.90 Å². The minimum atomic E-state index is 0.207. The Balaban J connectivity index is 2.39. The van der Waals surface area contributed by atoms with Crippen LogP contribution in [0.1, 0.15) is 0 Å². The molecule has 3 heteroatoms. The van der Waals surface area contributed by atoms with E-state index in [4.69, 9.17) is 0 Å². The van der Waals surface area contributed by atoms with Crippen molar-refractivity contribution in [2.75, 3.05) is 33.2 Å². The first-order valence-corrected chi connectivity index (χ1v) is 3.81. The highest BCUT2D eigenvalue weighted by molar-refractivity contribution is 5.78. The lowest BCUT2D eigenvalue weighted by atomic mass is 10.3. The third-order valence-corrected chi connectivity index (χ3v) is 1.92. The van der Waals surface area contributed by atoms with Gasteiger partial charge in [0.15, 0.2) is 0 Å². The van der Waals surface area contributed by atoms with Crippen LogP contribution in [-0.2, 0) is 4.79 Å². The molecule has 0 spiro atoms. The molecule has 1 rings (SSSR count). The van der Waals surface area contributed by atoms with Gasteiger partial charge in [-0.2, -0.15) is 0 Å². The molecular formula is C8H14N2O. The van der Waals surface area contributed by atoms with Gasteiger partial charge >= 0.3 is 0 Å². The summed E-state index contributed by atoms with van der Waals surface area (Å²) in [5.41, 5.74) is 0. The molecule has 0 aliphatic carbocycles. The minimum absolute atomic E-state index is 0.207. The molecular weight excluding hydrogens is 140 g/mol. The molecule has 0 aromatic carbocycles. The molecule has 0 atom stereocenters. The summed E-state index contributed by atoms with van der Waals surface area (Å²) in [4.78, 5) is 15.0. The van der Waals surface area contributed by atoms with Crippen LogP contribution in [0.15, 0.2) is 12.7 Å². The number of carbonyl (C=O) groups is 1. The fraction of sp³-hybridized carbons (Fsp3) is 0.625. The summed E-state index contributed by atoms with van der Waals surface area (Å²) in [6, 6.07) is 0. The molecule has 0 bridgehead atoms. The largest absolute Gasteiger partial charge is 0.343 e. The second-order valence-corrected chi connectivity index (χ2v) is 2.84. The van der Waals surface area contributed by atoms with E-state index in [9.17, 15) is 4.79 Å². The van der Waals surface area contributed by atoms with Crippen LogP contribution in [0.2, 0.25) is 0 Å². The van der Waals surface area contributed by atoms with Crippen molar-refractivity contribution < 1.29 is 4.79 Å². The average molecular weight is 154 g/mol. The number of nitrogens with zero attached hydrogens (tertiary/aromatic N) is 2. The van der Waals surface area contributed by atoms with Crippen molar-refractivity contribution in [2.24, 2.45) is 0 Å². The minimum Gasteiger partial charge on any atom is -0.343 e. The second-order valence-electron chi connectivity index (χ2n) is 2.84. The standard InChI is InChI=1S/C8H14N2O/c1-3-4-10-6-5-9(2)8(11)7-10/h3H,1,4-7H2,2H3. The molecule has 0 aromatic rings. The van der Waals surface area contributed by atoms with Gasteiger partial charge in [-0.3, -0.25) is 9.69 Å². The van der Waals surface area contributed by atoms with E-state index in [0.29, 0.717) is 6.54 Å². The van der Waals surface area contributed by atoms with Gasteiger partial charge in [0.25, 0.3) is 0 Å². The highest BCUT2D eigenvalue weighted by Crippen LogP contribution is 1.99. The molecule has 1 saturated heterocycles. The first-order chi connectivity index (χ1) is 5.24. The zero-order valence-electron chi connectivity index (χ0n) is 6.92. The van der Waals surface area contributed by atoms with E-state index >= 15 is 0 Å². The number of carbonyl (C=O) groups excluding carboxylic acids is 1. The molecule has 0 N–H and O–H groups in total. The van der Waals surface area contributed by atoms with E-state index in [1.807, 2.05) is 13.1 Å². The van der Waals surface area contributed by atoms with Gasteiger partial charge in [0.2, 0.25) is 5.91 Å². The Kier molecular flexibility index (Phi) is 2.65. The maximum absolute atomic E-state index is 11.1. The van der Waals surface area contributed by atoms with E-state index in [-0.39, 0.29) is 5.91 Å². The lowest BCUT2D eigenvalue weighted by molar-refractivity contribution is -0.134. The van der Waals surface area contributed by atoms with Crippen LogP contribution in [0.3, 0.4) is 0 Å². The number of rotatable bonds is 2. The third-order valence-electron chi connectivity index (χ3n) is 1.92. The molecule has 0 saturated carbocycles. The maximum atomic E-state index is 11.1. The summed E-state index contributed by atoms with van der Waals surface area (Å²) in [7, 11) is 1.84. The molecule has 1 amide bonds. The van der Waals surface area contributed by atoms with Gasteiger partial charge in [0.1, 0.15) is 0 Å². The first kappa shape index (κ1) is 8.27. The van der Waals surface area contributed by atoms with Crippen LogP contribution >= 0.6 is 0 Å². The summed E-state index contributed by atoms with van der Waals surface area (Å²) >= 11 is 0. The van der Waals surface area contributed by atoms with Crippen molar-refractivity contribution in [1.82, 2.24) is 9.80 Å². The Morgan fingerprint density at radius 1 is 1.64 bits per heavy atom. The number of likely N-dealkylation sites (N-methyl/N-ethyl adjacent to an activating group) is 1. The lowest BCUT2D eigenvalue weighted by Gasteiger charge is -2.30. The fourth-order valence-corrected chi connectivity index (χ4v) is 1.15. The SMILES string of the molecule is C=CCN1CCN(C)C(=O)C1. The van der Waals surface area contributed by atoms with Crippen molar-refractivity contribution in [3.63, 3.8) is 0 Å². The summed E-state index contributed by atoms with van der Waals surface area (Å²) < 4.78 is 0. The van der Waals surface area contributed by atoms with E-state index < -0.39 is 0 Å². The Labute approximate surface area is 67.3 Å². The predicted molar refractivity (Wildman–Crippen MR) is 44.3 cm³/mol. The molecule has 3 nitrogen and oxygen atoms in total. The number of amides is 1. The van der Waals surface area contributed by atoms with Gasteiger partial charge in [0.05, 0.1) is 6.54 Å². The van der Waals surface area contributed by atoms with E-state index in [1.54, 1.807) is 4.90 Å². The normalized spacial score (nSPS) is 20.5. The fourth-order valence-electron chi connectivity index (χ4n) is 1.15. The van der Waals surface area contributed by atoms with Crippen molar-refractivity contribution in [1.29, 1.82) is 0 Å². The zero-order chi connectivity index (χ0) is 8.27. The highest BCUT2D eigenvalue weighted by Gasteiger charge is 2.19. The Hall–Kier alpha value is -0.830. The third kappa shape index (κ3) is 2.05. The van der Waals surface area contributed by atoms with Crippen LogP contribution in [-0.4, -0.2) is 48.9 Å². The Morgan fingerprint density at radius 2 is 2.36 bits per heavy atom. The molecule has 1 aliphatic heterocycles.